The number of carboxylic acids is 1. The number of pyridine rings is 1. The van der Waals surface area contributed by atoms with E-state index in [0.717, 1.165) is 13.0 Å². The van der Waals surface area contributed by atoms with E-state index in [1.165, 1.54) is 42.6 Å². The monoisotopic (exact) mass is 495 g/mol. The molecule has 0 saturated carbocycles. The molecule has 1 atom stereocenters. The minimum absolute atomic E-state index is 0.00692. The van der Waals surface area contributed by atoms with Crippen LogP contribution in [0.1, 0.15) is 33.9 Å². The quantitative estimate of drug-likeness (QED) is 0.258. The summed E-state index contributed by atoms with van der Waals surface area (Å²) in [5, 5.41) is 31.4. The van der Waals surface area contributed by atoms with Crippen molar-refractivity contribution in [2.45, 2.75) is 23.8 Å². The van der Waals surface area contributed by atoms with Gasteiger partial charge < -0.3 is 20.3 Å². The predicted molar refractivity (Wildman–Crippen MR) is 126 cm³/mol. The SMILES string of the molecule is O=CCc1c(O)c(C(=O)O)cc(N=Nc2ccc(S(=O)(=O)Nc3ccccn3)cc2)c1C1CCN1. The number of anilines is 1. The fraction of sp³-hybridized carbons (Fsp3) is 0.174. The third kappa shape index (κ3) is 5.18. The highest BCUT2D eigenvalue weighted by Gasteiger charge is 2.29. The normalized spacial score (nSPS) is 15.5. The molecule has 12 heteroatoms. The molecule has 1 unspecified atom stereocenters. The first kappa shape index (κ1) is 24.0. The number of phenols is 1. The van der Waals surface area contributed by atoms with Gasteiger partial charge in [-0.2, -0.15) is 10.2 Å². The van der Waals surface area contributed by atoms with Gasteiger partial charge in [0.05, 0.1) is 16.3 Å². The standard InChI is InChI=1S/C23H21N5O6S/c29-12-9-16-21(18-8-11-24-18)19(13-17(22(16)30)23(31)32)27-26-14-4-6-15(7-5-14)35(33,34)28-20-3-1-2-10-25-20/h1-7,10,12-13,18,24,30H,8-9,11H2,(H,25,28)(H,31,32). The number of rotatable bonds is 9. The second-order valence-corrected chi connectivity index (χ2v) is 9.35. The van der Waals surface area contributed by atoms with Crippen molar-refractivity contribution in [1.29, 1.82) is 0 Å². The highest BCUT2D eigenvalue weighted by Crippen LogP contribution is 2.41. The summed E-state index contributed by atoms with van der Waals surface area (Å²) in [5.41, 5.74) is 0.821. The van der Waals surface area contributed by atoms with Crippen LogP contribution in [-0.2, 0) is 21.2 Å². The number of hydrogen-bond acceptors (Lipinski definition) is 9. The summed E-state index contributed by atoms with van der Waals surface area (Å²) < 4.78 is 27.5. The minimum atomic E-state index is -3.86. The maximum Gasteiger partial charge on any atom is 0.339 e. The summed E-state index contributed by atoms with van der Waals surface area (Å²) in [4.78, 5) is 26.8. The number of azo groups is 1. The first-order valence-corrected chi connectivity index (χ1v) is 12.0. The summed E-state index contributed by atoms with van der Waals surface area (Å²) in [6.45, 7) is 0.728. The molecule has 0 bridgehead atoms. The minimum Gasteiger partial charge on any atom is -0.507 e. The van der Waals surface area contributed by atoms with Crippen LogP contribution in [0.5, 0.6) is 5.75 Å². The molecule has 2 aromatic carbocycles. The number of aldehydes is 1. The first-order chi connectivity index (χ1) is 16.8. The van der Waals surface area contributed by atoms with E-state index in [1.54, 1.807) is 12.1 Å². The van der Waals surface area contributed by atoms with Crippen LogP contribution < -0.4 is 10.0 Å². The summed E-state index contributed by atoms with van der Waals surface area (Å²) in [7, 11) is -3.86. The first-order valence-electron chi connectivity index (χ1n) is 10.5. The molecule has 0 aliphatic carbocycles. The Kier molecular flexibility index (Phi) is 6.85. The Bertz CT molecular complexity index is 1390. The number of hydrogen-bond donors (Lipinski definition) is 4. The Labute approximate surface area is 200 Å². The van der Waals surface area contributed by atoms with Crippen LogP contribution in [0, 0.1) is 0 Å². The number of benzene rings is 2. The van der Waals surface area contributed by atoms with Crippen molar-refractivity contribution >= 4 is 39.5 Å². The summed E-state index contributed by atoms with van der Waals surface area (Å²) >= 11 is 0. The number of aromatic carboxylic acids is 1. The Hall–Kier alpha value is -4.16. The molecule has 2 heterocycles. The zero-order chi connectivity index (χ0) is 25.0. The average Bonchev–Trinajstić information content (AvgIpc) is 2.80. The summed E-state index contributed by atoms with van der Waals surface area (Å²) in [5.74, 6) is -1.66. The number of aromatic hydroxyl groups is 1. The molecule has 1 aliphatic rings. The number of carbonyl (C=O) groups is 2. The second-order valence-electron chi connectivity index (χ2n) is 7.67. The zero-order valence-electron chi connectivity index (χ0n) is 18.2. The molecule has 0 radical (unpaired) electrons. The van der Waals surface area contributed by atoms with E-state index in [2.05, 4.69) is 25.3 Å². The topological polar surface area (TPSA) is 170 Å². The van der Waals surface area contributed by atoms with Crippen LogP contribution >= 0.6 is 0 Å². The van der Waals surface area contributed by atoms with Gasteiger partial charge in [-0.1, -0.05) is 6.07 Å². The maximum atomic E-state index is 12.6. The molecule has 1 aromatic heterocycles. The van der Waals surface area contributed by atoms with E-state index >= 15 is 0 Å². The molecular weight excluding hydrogens is 474 g/mol. The highest BCUT2D eigenvalue weighted by molar-refractivity contribution is 7.92. The van der Waals surface area contributed by atoms with Crippen LogP contribution in [0.25, 0.3) is 0 Å². The Morgan fingerprint density at radius 3 is 2.51 bits per heavy atom. The number of sulfonamides is 1. The third-order valence-electron chi connectivity index (χ3n) is 5.44. The van der Waals surface area contributed by atoms with E-state index in [1.807, 2.05) is 0 Å². The lowest BCUT2D eigenvalue weighted by Gasteiger charge is -2.31. The van der Waals surface area contributed by atoms with Crippen LogP contribution in [0.4, 0.5) is 17.2 Å². The lowest BCUT2D eigenvalue weighted by atomic mass is 9.88. The highest BCUT2D eigenvalue weighted by atomic mass is 32.2. The van der Waals surface area contributed by atoms with Crippen molar-refractivity contribution in [2.75, 3.05) is 11.3 Å². The van der Waals surface area contributed by atoms with E-state index < -0.39 is 21.7 Å². The molecule has 3 aromatic rings. The van der Waals surface area contributed by atoms with E-state index in [4.69, 9.17) is 0 Å². The Balaban J connectivity index is 1.65. The van der Waals surface area contributed by atoms with Gasteiger partial charge in [-0.3, -0.25) is 4.72 Å². The van der Waals surface area contributed by atoms with Crippen LogP contribution in [-0.4, -0.2) is 42.4 Å². The van der Waals surface area contributed by atoms with E-state index in [-0.39, 0.29) is 40.0 Å². The van der Waals surface area contributed by atoms with Gasteiger partial charge in [0, 0.05) is 29.8 Å². The van der Waals surface area contributed by atoms with Gasteiger partial charge >= 0.3 is 5.97 Å². The van der Waals surface area contributed by atoms with Crippen LogP contribution in [0.2, 0.25) is 0 Å². The number of carboxylic acid groups (broad SMARTS) is 1. The van der Waals surface area contributed by atoms with Crippen molar-refractivity contribution in [2.24, 2.45) is 10.2 Å². The van der Waals surface area contributed by atoms with Gasteiger partial charge in [0.2, 0.25) is 0 Å². The predicted octanol–water partition coefficient (Wildman–Crippen LogP) is 3.48. The van der Waals surface area contributed by atoms with E-state index in [9.17, 15) is 28.2 Å². The van der Waals surface area contributed by atoms with Crippen molar-refractivity contribution in [3.63, 3.8) is 0 Å². The molecule has 1 aliphatic heterocycles. The van der Waals surface area contributed by atoms with Gasteiger partial charge in [-0.05, 0) is 55.4 Å². The average molecular weight is 496 g/mol. The van der Waals surface area contributed by atoms with Crippen molar-refractivity contribution in [1.82, 2.24) is 10.3 Å². The number of carbonyl (C=O) groups excluding carboxylic acids is 1. The number of aromatic nitrogens is 1. The van der Waals surface area contributed by atoms with E-state index in [0.29, 0.717) is 17.5 Å². The molecule has 1 fully saturated rings. The fourth-order valence-corrected chi connectivity index (χ4v) is 4.62. The van der Waals surface area contributed by atoms with Gasteiger partial charge in [0.1, 0.15) is 23.4 Å². The molecule has 180 valence electrons. The van der Waals surface area contributed by atoms with Crippen molar-refractivity contribution < 1.29 is 28.2 Å². The lowest BCUT2D eigenvalue weighted by molar-refractivity contribution is -0.107. The molecular formula is C23H21N5O6S. The molecule has 35 heavy (non-hydrogen) atoms. The van der Waals surface area contributed by atoms with Gasteiger partial charge in [-0.25, -0.2) is 18.2 Å². The third-order valence-corrected chi connectivity index (χ3v) is 6.81. The van der Waals surface area contributed by atoms with Crippen molar-refractivity contribution in [3.8, 4) is 5.75 Å². The fourth-order valence-electron chi connectivity index (χ4n) is 3.61. The number of nitrogens with zero attached hydrogens (tertiary/aromatic N) is 3. The summed E-state index contributed by atoms with van der Waals surface area (Å²) in [6, 6.07) is 11.4. The maximum absolute atomic E-state index is 12.6. The second kappa shape index (κ2) is 9.99. The number of nitrogens with one attached hydrogen (secondary N) is 2. The molecule has 0 amide bonds. The van der Waals surface area contributed by atoms with Gasteiger partial charge in [-0.15, -0.1) is 0 Å². The Morgan fingerprint density at radius 2 is 1.94 bits per heavy atom. The Morgan fingerprint density at radius 1 is 1.20 bits per heavy atom. The molecule has 0 spiro atoms. The molecule has 4 rings (SSSR count). The lowest BCUT2D eigenvalue weighted by Crippen LogP contribution is -2.35. The smallest absolute Gasteiger partial charge is 0.339 e. The molecule has 1 saturated heterocycles. The van der Waals surface area contributed by atoms with Gasteiger partial charge in [0.15, 0.2) is 0 Å². The zero-order valence-corrected chi connectivity index (χ0v) is 19.1. The summed E-state index contributed by atoms with van der Waals surface area (Å²) in [6.07, 6.45) is 2.59. The molecule has 11 nitrogen and oxygen atoms in total. The van der Waals surface area contributed by atoms with Gasteiger partial charge in [0.25, 0.3) is 10.0 Å². The van der Waals surface area contributed by atoms with Crippen molar-refractivity contribution in [3.05, 3.63) is 71.4 Å². The van der Waals surface area contributed by atoms with Crippen LogP contribution in [0.3, 0.4) is 0 Å². The van der Waals surface area contributed by atoms with Crippen LogP contribution in [0.15, 0.2) is 69.9 Å². The molecule has 4 N–H and O–H groups in total. The largest absolute Gasteiger partial charge is 0.507 e.